The van der Waals surface area contributed by atoms with Crippen molar-refractivity contribution in [1.29, 1.82) is 0 Å². The minimum absolute atomic E-state index is 0.175. The van der Waals surface area contributed by atoms with E-state index in [-0.39, 0.29) is 25.0 Å². The predicted molar refractivity (Wildman–Crippen MR) is 96.3 cm³/mol. The highest BCUT2D eigenvalue weighted by atomic mass is 16.5. The topological polar surface area (TPSA) is 98.8 Å². The average molecular weight is 371 g/mol. The van der Waals surface area contributed by atoms with E-state index in [1.165, 1.54) is 14.2 Å². The number of amides is 2. The number of pyridine rings is 1. The smallest absolute Gasteiger partial charge is 0.251 e. The molecule has 2 heterocycles. The van der Waals surface area contributed by atoms with Crippen LogP contribution in [0.5, 0.6) is 11.5 Å². The van der Waals surface area contributed by atoms with E-state index >= 15 is 0 Å². The molecule has 2 amide bonds. The summed E-state index contributed by atoms with van der Waals surface area (Å²) in [6.45, 7) is 0.0948. The molecule has 2 aromatic rings. The Morgan fingerprint density at radius 1 is 1.26 bits per heavy atom. The van der Waals surface area contributed by atoms with Crippen LogP contribution in [0, 0.1) is 0 Å². The van der Waals surface area contributed by atoms with Crippen molar-refractivity contribution in [2.75, 3.05) is 20.8 Å². The molecule has 1 aliphatic heterocycles. The maximum atomic E-state index is 12.7. The van der Waals surface area contributed by atoms with Crippen molar-refractivity contribution in [1.82, 2.24) is 15.6 Å². The van der Waals surface area contributed by atoms with Crippen molar-refractivity contribution in [3.8, 4) is 11.5 Å². The first-order chi connectivity index (χ1) is 13.1. The van der Waals surface area contributed by atoms with E-state index < -0.39 is 12.1 Å². The molecule has 0 saturated carbocycles. The quantitative estimate of drug-likeness (QED) is 0.785. The Balaban J connectivity index is 1.78. The first-order valence-electron chi connectivity index (χ1n) is 8.43. The Bertz CT molecular complexity index is 812. The van der Waals surface area contributed by atoms with Gasteiger partial charge in [-0.3, -0.25) is 14.6 Å². The third-order valence-corrected chi connectivity index (χ3v) is 4.21. The Morgan fingerprint density at radius 3 is 2.78 bits per heavy atom. The van der Waals surface area contributed by atoms with Crippen molar-refractivity contribution >= 4 is 11.8 Å². The molecule has 1 saturated heterocycles. The number of nitrogens with one attached hydrogen (secondary N) is 2. The Labute approximate surface area is 156 Å². The van der Waals surface area contributed by atoms with Gasteiger partial charge in [0.25, 0.3) is 5.91 Å². The third kappa shape index (κ3) is 4.35. The highest BCUT2D eigenvalue weighted by Gasteiger charge is 2.36. The van der Waals surface area contributed by atoms with Gasteiger partial charge in [0.05, 0.1) is 32.5 Å². The number of hydrogen-bond acceptors (Lipinski definition) is 6. The second-order valence-corrected chi connectivity index (χ2v) is 5.93. The fourth-order valence-electron chi connectivity index (χ4n) is 2.86. The average Bonchev–Trinajstić information content (AvgIpc) is 2.72. The lowest BCUT2D eigenvalue weighted by molar-refractivity contribution is -0.148. The Morgan fingerprint density at radius 2 is 2.07 bits per heavy atom. The monoisotopic (exact) mass is 371 g/mol. The SMILES string of the molecule is COc1ccc([C@H]2NC(=O)CO[C@@H]2C(=O)NCc2ccccn2)cc1OC. The van der Waals surface area contributed by atoms with Gasteiger partial charge in [0.1, 0.15) is 6.61 Å². The Kier molecular flexibility index (Phi) is 5.87. The maximum Gasteiger partial charge on any atom is 0.251 e. The zero-order chi connectivity index (χ0) is 19.2. The molecule has 1 aromatic carbocycles. The number of morpholine rings is 1. The number of carbonyl (C=O) groups excluding carboxylic acids is 2. The summed E-state index contributed by atoms with van der Waals surface area (Å²) in [4.78, 5) is 28.7. The van der Waals surface area contributed by atoms with E-state index in [1.54, 1.807) is 30.5 Å². The minimum atomic E-state index is -0.871. The second-order valence-electron chi connectivity index (χ2n) is 5.93. The van der Waals surface area contributed by atoms with E-state index in [2.05, 4.69) is 15.6 Å². The van der Waals surface area contributed by atoms with Crippen LogP contribution < -0.4 is 20.1 Å². The number of methoxy groups -OCH3 is 2. The molecule has 0 unspecified atom stereocenters. The van der Waals surface area contributed by atoms with Crippen molar-refractivity contribution < 1.29 is 23.8 Å². The van der Waals surface area contributed by atoms with Crippen molar-refractivity contribution in [3.63, 3.8) is 0 Å². The molecule has 8 nitrogen and oxygen atoms in total. The molecule has 2 N–H and O–H groups in total. The van der Waals surface area contributed by atoms with Gasteiger partial charge in [0, 0.05) is 6.20 Å². The zero-order valence-corrected chi connectivity index (χ0v) is 15.1. The van der Waals surface area contributed by atoms with Crippen LogP contribution in [0.25, 0.3) is 0 Å². The Hall–Kier alpha value is -3.13. The summed E-state index contributed by atoms with van der Waals surface area (Å²) < 4.78 is 16.1. The number of nitrogens with zero attached hydrogens (tertiary/aromatic N) is 1. The zero-order valence-electron chi connectivity index (χ0n) is 15.1. The summed E-state index contributed by atoms with van der Waals surface area (Å²) in [5.41, 5.74) is 1.41. The van der Waals surface area contributed by atoms with Crippen molar-refractivity contribution in [2.24, 2.45) is 0 Å². The molecule has 0 spiro atoms. The van der Waals surface area contributed by atoms with Gasteiger partial charge in [-0.05, 0) is 29.8 Å². The predicted octanol–water partition coefficient (Wildman–Crippen LogP) is 0.971. The lowest BCUT2D eigenvalue weighted by atomic mass is 9.98. The van der Waals surface area contributed by atoms with E-state index in [1.807, 2.05) is 12.1 Å². The molecule has 3 rings (SSSR count). The van der Waals surface area contributed by atoms with E-state index in [4.69, 9.17) is 14.2 Å². The molecule has 0 radical (unpaired) electrons. The second kappa shape index (κ2) is 8.50. The van der Waals surface area contributed by atoms with Crippen LogP contribution in [0.2, 0.25) is 0 Å². The standard InChI is InChI=1S/C19H21N3O5/c1-25-14-7-6-12(9-15(14)26-2)17-18(27-11-16(23)22-17)19(24)21-10-13-5-3-4-8-20-13/h3-9,17-18H,10-11H2,1-2H3,(H,21,24)(H,22,23)/t17-,18+/m1/s1. The first kappa shape index (κ1) is 18.7. The van der Waals surface area contributed by atoms with E-state index in [0.717, 1.165) is 5.69 Å². The fourth-order valence-corrected chi connectivity index (χ4v) is 2.86. The summed E-state index contributed by atoms with van der Waals surface area (Å²) in [6, 6.07) is 10.0. The van der Waals surface area contributed by atoms with Crippen LogP contribution in [0.15, 0.2) is 42.6 Å². The van der Waals surface area contributed by atoms with Gasteiger partial charge in [-0.15, -0.1) is 0 Å². The van der Waals surface area contributed by atoms with Crippen molar-refractivity contribution in [3.05, 3.63) is 53.9 Å². The van der Waals surface area contributed by atoms with Crippen LogP contribution >= 0.6 is 0 Å². The number of aromatic nitrogens is 1. The van der Waals surface area contributed by atoms with Gasteiger partial charge >= 0.3 is 0 Å². The maximum absolute atomic E-state index is 12.7. The van der Waals surface area contributed by atoms with Gasteiger partial charge < -0.3 is 24.8 Å². The lowest BCUT2D eigenvalue weighted by Gasteiger charge is -2.32. The minimum Gasteiger partial charge on any atom is -0.493 e. The number of ether oxygens (including phenoxy) is 3. The van der Waals surface area contributed by atoms with Gasteiger partial charge in [0.2, 0.25) is 5.91 Å². The number of hydrogen-bond donors (Lipinski definition) is 2. The number of benzene rings is 1. The first-order valence-corrected chi connectivity index (χ1v) is 8.43. The normalized spacial score (nSPS) is 19.1. The molecular formula is C19H21N3O5. The van der Waals surface area contributed by atoms with Gasteiger partial charge in [-0.25, -0.2) is 0 Å². The van der Waals surface area contributed by atoms with Gasteiger partial charge in [-0.1, -0.05) is 12.1 Å². The molecule has 0 bridgehead atoms. The molecule has 1 aromatic heterocycles. The highest BCUT2D eigenvalue weighted by molar-refractivity contribution is 5.86. The van der Waals surface area contributed by atoms with Crippen LogP contribution in [-0.2, 0) is 20.9 Å². The highest BCUT2D eigenvalue weighted by Crippen LogP contribution is 2.32. The molecule has 27 heavy (non-hydrogen) atoms. The molecule has 0 aliphatic carbocycles. The summed E-state index contributed by atoms with van der Waals surface area (Å²) in [5.74, 6) is 0.437. The van der Waals surface area contributed by atoms with Gasteiger partial charge in [-0.2, -0.15) is 0 Å². The van der Waals surface area contributed by atoms with Crippen LogP contribution in [0.1, 0.15) is 17.3 Å². The summed E-state index contributed by atoms with van der Waals surface area (Å²) >= 11 is 0. The number of rotatable bonds is 6. The van der Waals surface area contributed by atoms with E-state index in [0.29, 0.717) is 17.1 Å². The largest absolute Gasteiger partial charge is 0.493 e. The van der Waals surface area contributed by atoms with Gasteiger partial charge in [0.15, 0.2) is 17.6 Å². The third-order valence-electron chi connectivity index (χ3n) is 4.21. The van der Waals surface area contributed by atoms with Crippen LogP contribution in [0.4, 0.5) is 0 Å². The summed E-state index contributed by atoms with van der Waals surface area (Å²) in [7, 11) is 3.06. The molecule has 142 valence electrons. The fraction of sp³-hybridized carbons (Fsp3) is 0.316. The van der Waals surface area contributed by atoms with Crippen LogP contribution in [-0.4, -0.2) is 43.7 Å². The molecule has 8 heteroatoms. The molecular weight excluding hydrogens is 350 g/mol. The molecule has 2 atom stereocenters. The summed E-state index contributed by atoms with van der Waals surface area (Å²) in [5, 5.41) is 5.61. The molecule has 1 fully saturated rings. The number of carbonyl (C=O) groups is 2. The molecule has 1 aliphatic rings. The van der Waals surface area contributed by atoms with Crippen molar-refractivity contribution in [2.45, 2.75) is 18.7 Å². The van der Waals surface area contributed by atoms with E-state index in [9.17, 15) is 9.59 Å². The summed E-state index contributed by atoms with van der Waals surface area (Å²) in [6.07, 6.45) is 0.787. The van der Waals surface area contributed by atoms with Crippen LogP contribution in [0.3, 0.4) is 0 Å². The lowest BCUT2D eigenvalue weighted by Crippen LogP contribution is -2.52.